The molecule has 2 N–H and O–H groups in total. The molecule has 0 heterocycles. The molecule has 0 fully saturated rings. The van der Waals surface area contributed by atoms with Crippen LogP contribution in [-0.4, -0.2) is 35.8 Å². The van der Waals surface area contributed by atoms with Crippen molar-refractivity contribution in [1.82, 2.24) is 0 Å². The first kappa shape index (κ1) is 9.98. The maximum Gasteiger partial charge on any atom is 0.333 e. The van der Waals surface area contributed by atoms with Crippen molar-refractivity contribution >= 4 is 16.1 Å². The Bertz CT molecular complexity index is 255. The number of nitrogens with zero attached hydrogens (tertiary/aromatic N) is 1. The summed E-state index contributed by atoms with van der Waals surface area (Å²) in [5.41, 5.74) is 0. The molecule has 0 bridgehead atoms. The standard InChI is InChI=1S/C3H5NO6S/c5-3(6)2(4-7)1-11(8,9)10/h2H,1H2,(H,5,6)(H,8,9,10). The van der Waals surface area contributed by atoms with Gasteiger partial charge in [-0.05, 0) is 0 Å². The van der Waals surface area contributed by atoms with E-state index in [1.54, 1.807) is 0 Å². The van der Waals surface area contributed by atoms with E-state index in [0.717, 1.165) is 0 Å². The van der Waals surface area contributed by atoms with E-state index in [2.05, 4.69) is 0 Å². The summed E-state index contributed by atoms with van der Waals surface area (Å²) in [6.07, 6.45) is 0. The van der Waals surface area contributed by atoms with Crippen molar-refractivity contribution in [2.24, 2.45) is 5.18 Å². The molecule has 0 aromatic rings. The normalized spacial score (nSPS) is 13.9. The maximum absolute atomic E-state index is 10.00. The molecule has 64 valence electrons. The van der Waals surface area contributed by atoms with Crippen LogP contribution in [0.2, 0.25) is 0 Å². The first-order valence-electron chi connectivity index (χ1n) is 2.37. The molecule has 0 saturated heterocycles. The van der Waals surface area contributed by atoms with Crippen molar-refractivity contribution in [3.8, 4) is 0 Å². The second kappa shape index (κ2) is 3.39. The van der Waals surface area contributed by atoms with E-state index in [1.807, 2.05) is 5.18 Å². The number of aliphatic carboxylic acids is 1. The van der Waals surface area contributed by atoms with Gasteiger partial charge >= 0.3 is 5.97 Å². The molecule has 8 heteroatoms. The summed E-state index contributed by atoms with van der Waals surface area (Å²) in [5, 5.41) is 10.1. The highest BCUT2D eigenvalue weighted by Crippen LogP contribution is 1.95. The van der Waals surface area contributed by atoms with Gasteiger partial charge < -0.3 is 5.11 Å². The lowest BCUT2D eigenvalue weighted by atomic mass is 10.4. The summed E-state index contributed by atoms with van der Waals surface area (Å²) in [4.78, 5) is 19.6. The fraction of sp³-hybridized carbons (Fsp3) is 0.667. The Balaban J connectivity index is 4.34. The van der Waals surface area contributed by atoms with Gasteiger partial charge in [-0.25, -0.2) is 4.79 Å². The molecule has 7 nitrogen and oxygen atoms in total. The summed E-state index contributed by atoms with van der Waals surface area (Å²) in [6, 6.07) is -1.94. The van der Waals surface area contributed by atoms with E-state index in [9.17, 15) is 18.1 Å². The average Bonchev–Trinajstić information content (AvgIpc) is 1.80. The summed E-state index contributed by atoms with van der Waals surface area (Å²) >= 11 is 0. The molecule has 0 spiro atoms. The van der Waals surface area contributed by atoms with Crippen LogP contribution in [0.5, 0.6) is 0 Å². The van der Waals surface area contributed by atoms with Crippen LogP contribution in [-0.2, 0) is 14.9 Å². The smallest absolute Gasteiger partial charge is 0.333 e. The number of nitroso groups, excluding NO2 is 1. The SMILES string of the molecule is O=NC(CS(=O)(=O)O)C(=O)O. The van der Waals surface area contributed by atoms with E-state index in [1.165, 1.54) is 0 Å². The fourth-order valence-corrected chi connectivity index (χ4v) is 0.949. The molecule has 1 atom stereocenters. The Morgan fingerprint density at radius 2 is 2.00 bits per heavy atom. The molecule has 1 unspecified atom stereocenters. The topological polar surface area (TPSA) is 121 Å². The van der Waals surface area contributed by atoms with E-state index in [-0.39, 0.29) is 0 Å². The van der Waals surface area contributed by atoms with Gasteiger partial charge in [0, 0.05) is 0 Å². The predicted octanol–water partition coefficient (Wildman–Crippen LogP) is -0.906. The third kappa shape index (κ3) is 4.39. The monoisotopic (exact) mass is 183 g/mol. The lowest BCUT2D eigenvalue weighted by molar-refractivity contribution is -0.137. The van der Waals surface area contributed by atoms with Crippen LogP contribution >= 0.6 is 0 Å². The first-order valence-corrected chi connectivity index (χ1v) is 3.98. The third-order valence-corrected chi connectivity index (χ3v) is 1.52. The quantitative estimate of drug-likeness (QED) is 0.430. The van der Waals surface area contributed by atoms with E-state index in [4.69, 9.17) is 9.66 Å². The molecule has 0 aromatic carbocycles. The molecule has 0 aliphatic carbocycles. The summed E-state index contributed by atoms with van der Waals surface area (Å²) in [5.74, 6) is -2.87. The lowest BCUT2D eigenvalue weighted by Crippen LogP contribution is -2.26. The largest absolute Gasteiger partial charge is 0.480 e. The van der Waals surface area contributed by atoms with Crippen LogP contribution < -0.4 is 0 Å². The average molecular weight is 183 g/mol. The molecule has 0 rings (SSSR count). The predicted molar refractivity (Wildman–Crippen MR) is 33.6 cm³/mol. The summed E-state index contributed by atoms with van der Waals surface area (Å²) in [7, 11) is -4.46. The van der Waals surface area contributed by atoms with Crippen molar-refractivity contribution in [1.29, 1.82) is 0 Å². The fourth-order valence-electron chi connectivity index (χ4n) is 0.346. The zero-order chi connectivity index (χ0) is 9.07. The Morgan fingerprint density at radius 1 is 1.55 bits per heavy atom. The molecular formula is C3H5NO6S. The molecule has 0 amide bonds. The summed E-state index contributed by atoms with van der Waals surface area (Å²) in [6.45, 7) is 0. The van der Waals surface area contributed by atoms with Crippen molar-refractivity contribution in [3.63, 3.8) is 0 Å². The van der Waals surface area contributed by atoms with Crippen LogP contribution in [0.1, 0.15) is 0 Å². The van der Waals surface area contributed by atoms with Gasteiger partial charge in [0.2, 0.25) is 6.04 Å². The van der Waals surface area contributed by atoms with Crippen LogP contribution in [0.3, 0.4) is 0 Å². The van der Waals surface area contributed by atoms with E-state index < -0.39 is 27.9 Å². The zero-order valence-electron chi connectivity index (χ0n) is 5.17. The Labute approximate surface area is 61.7 Å². The van der Waals surface area contributed by atoms with Crippen molar-refractivity contribution in [2.45, 2.75) is 6.04 Å². The molecular weight excluding hydrogens is 178 g/mol. The summed E-state index contributed by atoms with van der Waals surface area (Å²) < 4.78 is 28.1. The van der Waals surface area contributed by atoms with Crippen LogP contribution in [0, 0.1) is 4.91 Å². The van der Waals surface area contributed by atoms with Gasteiger partial charge in [-0.1, -0.05) is 5.18 Å². The van der Waals surface area contributed by atoms with Gasteiger partial charge in [0.05, 0.1) is 0 Å². The highest BCUT2D eigenvalue weighted by Gasteiger charge is 2.24. The van der Waals surface area contributed by atoms with Crippen molar-refractivity contribution < 1.29 is 22.9 Å². The number of hydrogen-bond donors (Lipinski definition) is 2. The van der Waals surface area contributed by atoms with Crippen LogP contribution in [0.25, 0.3) is 0 Å². The van der Waals surface area contributed by atoms with Crippen LogP contribution in [0.4, 0.5) is 0 Å². The number of carboxylic acid groups (broad SMARTS) is 1. The molecule has 0 saturated carbocycles. The van der Waals surface area contributed by atoms with Gasteiger partial charge in [0.25, 0.3) is 10.1 Å². The number of carbonyl (C=O) groups is 1. The highest BCUT2D eigenvalue weighted by atomic mass is 32.2. The minimum absolute atomic E-state index is 1.19. The highest BCUT2D eigenvalue weighted by molar-refractivity contribution is 7.85. The lowest BCUT2D eigenvalue weighted by Gasteiger charge is -1.98. The van der Waals surface area contributed by atoms with E-state index in [0.29, 0.717) is 0 Å². The molecule has 0 aliphatic heterocycles. The molecule has 0 radical (unpaired) electrons. The molecule has 0 aliphatic rings. The van der Waals surface area contributed by atoms with Crippen LogP contribution in [0.15, 0.2) is 5.18 Å². The first-order chi connectivity index (χ1) is 4.87. The van der Waals surface area contributed by atoms with Crippen molar-refractivity contribution in [3.05, 3.63) is 4.91 Å². The Kier molecular flexibility index (Phi) is 3.08. The minimum atomic E-state index is -4.46. The Hall–Kier alpha value is -1.02. The maximum atomic E-state index is 10.00. The number of rotatable bonds is 4. The van der Waals surface area contributed by atoms with Crippen molar-refractivity contribution in [2.75, 3.05) is 5.75 Å². The number of hydrogen-bond acceptors (Lipinski definition) is 5. The zero-order valence-corrected chi connectivity index (χ0v) is 5.98. The Morgan fingerprint density at radius 3 is 2.09 bits per heavy atom. The number of carboxylic acids is 1. The third-order valence-electron chi connectivity index (χ3n) is 0.781. The van der Waals surface area contributed by atoms with Gasteiger partial charge in [-0.2, -0.15) is 8.42 Å². The van der Waals surface area contributed by atoms with Gasteiger partial charge in [0.1, 0.15) is 5.75 Å². The molecule has 0 aromatic heterocycles. The van der Waals surface area contributed by atoms with Gasteiger partial charge in [-0.3, -0.25) is 4.55 Å². The second-order valence-corrected chi connectivity index (χ2v) is 3.21. The van der Waals surface area contributed by atoms with Gasteiger partial charge in [0.15, 0.2) is 0 Å². The minimum Gasteiger partial charge on any atom is -0.480 e. The second-order valence-electron chi connectivity index (χ2n) is 1.71. The molecule has 11 heavy (non-hydrogen) atoms. The van der Waals surface area contributed by atoms with E-state index >= 15 is 0 Å². The van der Waals surface area contributed by atoms with Gasteiger partial charge in [-0.15, -0.1) is 4.91 Å².